The Balaban J connectivity index is 1.68. The highest BCUT2D eigenvalue weighted by molar-refractivity contribution is 7.86. The van der Waals surface area contributed by atoms with Crippen molar-refractivity contribution >= 4 is 10.1 Å². The van der Waals surface area contributed by atoms with Crippen LogP contribution in [0, 0.1) is 6.92 Å². The van der Waals surface area contributed by atoms with Gasteiger partial charge >= 0.3 is 0 Å². The summed E-state index contributed by atoms with van der Waals surface area (Å²) in [5, 5.41) is 3.24. The zero-order valence-electron chi connectivity index (χ0n) is 15.9. The molecule has 3 aromatic carbocycles. The summed E-state index contributed by atoms with van der Waals surface area (Å²) in [7, 11) is -3.88. The third kappa shape index (κ3) is 5.76. The standard InChI is InChI=1S/C23H25NO3S/c1-19-14-16-22(17-15-19)28(25,26)27-23(21-12-6-3-7-13-21)24-18-8-11-20-9-4-2-5-10-20/h2-7,9-10,12-17,23-24H,8,11,18H2,1H3/t23-/m1/s1. The van der Waals surface area contributed by atoms with Gasteiger partial charge in [-0.2, -0.15) is 8.42 Å². The Labute approximate surface area is 167 Å². The molecule has 0 unspecified atom stereocenters. The Kier molecular flexibility index (Phi) is 6.98. The van der Waals surface area contributed by atoms with Crippen LogP contribution in [-0.4, -0.2) is 15.0 Å². The van der Waals surface area contributed by atoms with E-state index < -0.39 is 16.3 Å². The maximum atomic E-state index is 12.7. The molecule has 0 radical (unpaired) electrons. The quantitative estimate of drug-likeness (QED) is 0.326. The molecule has 0 bridgehead atoms. The molecule has 1 atom stereocenters. The van der Waals surface area contributed by atoms with Gasteiger partial charge in [0.15, 0.2) is 6.23 Å². The van der Waals surface area contributed by atoms with Crippen LogP contribution in [0.1, 0.15) is 29.3 Å². The van der Waals surface area contributed by atoms with Gasteiger partial charge in [-0.1, -0.05) is 78.4 Å². The number of benzene rings is 3. The molecule has 1 N–H and O–H groups in total. The highest BCUT2D eigenvalue weighted by Crippen LogP contribution is 2.22. The van der Waals surface area contributed by atoms with Crippen LogP contribution in [0.15, 0.2) is 89.8 Å². The minimum Gasteiger partial charge on any atom is -0.287 e. The van der Waals surface area contributed by atoms with E-state index in [-0.39, 0.29) is 4.90 Å². The number of nitrogens with one attached hydrogen (secondary N) is 1. The van der Waals surface area contributed by atoms with Crippen molar-refractivity contribution in [1.29, 1.82) is 0 Å². The average Bonchev–Trinajstić information content (AvgIpc) is 2.72. The average molecular weight is 396 g/mol. The minimum atomic E-state index is -3.88. The van der Waals surface area contributed by atoms with Gasteiger partial charge in [0, 0.05) is 0 Å². The molecule has 0 aromatic heterocycles. The molecule has 0 aliphatic heterocycles. The summed E-state index contributed by atoms with van der Waals surface area (Å²) < 4.78 is 31.0. The minimum absolute atomic E-state index is 0.158. The van der Waals surface area contributed by atoms with E-state index in [1.165, 1.54) is 5.56 Å². The second-order valence-electron chi connectivity index (χ2n) is 6.70. The molecule has 28 heavy (non-hydrogen) atoms. The van der Waals surface area contributed by atoms with E-state index in [0.717, 1.165) is 24.0 Å². The van der Waals surface area contributed by atoms with Crippen LogP contribution in [-0.2, 0) is 20.7 Å². The summed E-state index contributed by atoms with van der Waals surface area (Å²) in [5.74, 6) is 0. The fraction of sp³-hybridized carbons (Fsp3) is 0.217. The molecule has 3 rings (SSSR count). The normalized spacial score (nSPS) is 12.6. The first-order valence-corrected chi connectivity index (χ1v) is 10.8. The summed E-state index contributed by atoms with van der Waals surface area (Å²) in [4.78, 5) is 0.158. The molecular formula is C23H25NO3S. The summed E-state index contributed by atoms with van der Waals surface area (Å²) in [6.45, 7) is 2.55. The summed E-state index contributed by atoms with van der Waals surface area (Å²) in [6.07, 6.45) is 1.06. The Hall–Kier alpha value is -2.47. The summed E-state index contributed by atoms with van der Waals surface area (Å²) in [5.41, 5.74) is 3.03. The lowest BCUT2D eigenvalue weighted by Gasteiger charge is -2.19. The first-order chi connectivity index (χ1) is 13.5. The van der Waals surface area contributed by atoms with E-state index in [9.17, 15) is 8.42 Å². The lowest BCUT2D eigenvalue weighted by Crippen LogP contribution is -2.27. The predicted molar refractivity (Wildman–Crippen MR) is 111 cm³/mol. The first-order valence-electron chi connectivity index (χ1n) is 9.37. The Morgan fingerprint density at radius 2 is 1.46 bits per heavy atom. The summed E-state index contributed by atoms with van der Waals surface area (Å²) in [6, 6.07) is 26.2. The Morgan fingerprint density at radius 3 is 2.11 bits per heavy atom. The topological polar surface area (TPSA) is 55.4 Å². The monoisotopic (exact) mass is 395 g/mol. The molecular weight excluding hydrogens is 370 g/mol. The van der Waals surface area contributed by atoms with Crippen molar-refractivity contribution in [2.45, 2.75) is 30.9 Å². The zero-order chi connectivity index (χ0) is 19.8. The van der Waals surface area contributed by atoms with Gasteiger partial charge in [0.2, 0.25) is 0 Å². The molecule has 0 heterocycles. The van der Waals surface area contributed by atoms with Gasteiger partial charge in [-0.3, -0.25) is 5.32 Å². The van der Waals surface area contributed by atoms with Crippen LogP contribution in [0.25, 0.3) is 0 Å². The molecule has 0 saturated heterocycles. The molecule has 4 nitrogen and oxygen atoms in total. The first kappa shape index (κ1) is 20.3. The fourth-order valence-corrected chi connectivity index (χ4v) is 3.91. The molecule has 3 aromatic rings. The maximum absolute atomic E-state index is 12.7. The number of hydrogen-bond acceptors (Lipinski definition) is 4. The van der Waals surface area contributed by atoms with Crippen LogP contribution >= 0.6 is 0 Å². The molecule has 0 aliphatic carbocycles. The second kappa shape index (κ2) is 9.64. The van der Waals surface area contributed by atoms with E-state index in [2.05, 4.69) is 17.4 Å². The van der Waals surface area contributed by atoms with Crippen LogP contribution in [0.5, 0.6) is 0 Å². The van der Waals surface area contributed by atoms with Crippen LogP contribution in [0.4, 0.5) is 0 Å². The molecule has 0 aliphatic rings. The molecule has 0 spiro atoms. The lowest BCUT2D eigenvalue weighted by atomic mass is 10.1. The predicted octanol–water partition coefficient (Wildman–Crippen LogP) is 4.62. The molecule has 5 heteroatoms. The van der Waals surface area contributed by atoms with Crippen molar-refractivity contribution in [3.05, 3.63) is 102 Å². The lowest BCUT2D eigenvalue weighted by molar-refractivity contribution is 0.174. The van der Waals surface area contributed by atoms with Gasteiger partial charge in [0.1, 0.15) is 0 Å². The Bertz CT molecular complexity index is 956. The molecule has 0 saturated carbocycles. The van der Waals surface area contributed by atoms with Crippen LogP contribution in [0.3, 0.4) is 0 Å². The van der Waals surface area contributed by atoms with Crippen molar-refractivity contribution in [2.75, 3.05) is 6.54 Å². The van der Waals surface area contributed by atoms with Crippen molar-refractivity contribution in [2.24, 2.45) is 0 Å². The van der Waals surface area contributed by atoms with Gasteiger partial charge in [-0.25, -0.2) is 4.18 Å². The maximum Gasteiger partial charge on any atom is 0.298 e. The third-order valence-electron chi connectivity index (χ3n) is 4.45. The highest BCUT2D eigenvalue weighted by atomic mass is 32.2. The zero-order valence-corrected chi connectivity index (χ0v) is 16.7. The number of rotatable bonds is 9. The second-order valence-corrected chi connectivity index (χ2v) is 8.27. The van der Waals surface area contributed by atoms with E-state index in [1.807, 2.05) is 55.5 Å². The highest BCUT2D eigenvalue weighted by Gasteiger charge is 2.22. The van der Waals surface area contributed by atoms with Crippen molar-refractivity contribution in [3.63, 3.8) is 0 Å². The SMILES string of the molecule is Cc1ccc(S(=O)(=O)O[C@@H](NCCCc2ccccc2)c2ccccc2)cc1. The van der Waals surface area contributed by atoms with Gasteiger partial charge in [-0.05, 0) is 49.6 Å². The number of hydrogen-bond donors (Lipinski definition) is 1. The van der Waals surface area contributed by atoms with Crippen LogP contribution in [0.2, 0.25) is 0 Å². The molecule has 0 amide bonds. The largest absolute Gasteiger partial charge is 0.298 e. The fourth-order valence-electron chi connectivity index (χ4n) is 2.89. The van der Waals surface area contributed by atoms with Gasteiger partial charge in [0.05, 0.1) is 4.90 Å². The van der Waals surface area contributed by atoms with E-state index in [0.29, 0.717) is 6.54 Å². The molecule has 0 fully saturated rings. The number of aryl methyl sites for hydroxylation is 2. The van der Waals surface area contributed by atoms with E-state index >= 15 is 0 Å². The van der Waals surface area contributed by atoms with Gasteiger partial charge in [-0.15, -0.1) is 0 Å². The smallest absolute Gasteiger partial charge is 0.287 e. The molecule has 146 valence electrons. The van der Waals surface area contributed by atoms with Crippen molar-refractivity contribution in [1.82, 2.24) is 5.32 Å². The summed E-state index contributed by atoms with van der Waals surface area (Å²) >= 11 is 0. The van der Waals surface area contributed by atoms with Gasteiger partial charge < -0.3 is 0 Å². The third-order valence-corrected chi connectivity index (χ3v) is 5.74. The van der Waals surface area contributed by atoms with Gasteiger partial charge in [0.25, 0.3) is 10.1 Å². The van der Waals surface area contributed by atoms with Crippen molar-refractivity contribution < 1.29 is 12.6 Å². The van der Waals surface area contributed by atoms with E-state index in [4.69, 9.17) is 4.18 Å². The van der Waals surface area contributed by atoms with Crippen LogP contribution < -0.4 is 5.32 Å². The Morgan fingerprint density at radius 1 is 0.857 bits per heavy atom. The van der Waals surface area contributed by atoms with Crippen molar-refractivity contribution in [3.8, 4) is 0 Å². The van der Waals surface area contributed by atoms with E-state index in [1.54, 1.807) is 24.3 Å².